The van der Waals surface area contributed by atoms with E-state index in [4.69, 9.17) is 0 Å². The van der Waals surface area contributed by atoms with Crippen molar-refractivity contribution in [3.63, 3.8) is 0 Å². The smallest absolute Gasteiger partial charge is 0.234 e. The molecule has 1 aliphatic rings. The quantitative estimate of drug-likeness (QED) is 0.768. The van der Waals surface area contributed by atoms with E-state index < -0.39 is 0 Å². The van der Waals surface area contributed by atoms with Gasteiger partial charge in [0.05, 0.1) is 12.7 Å². The average Bonchev–Trinajstić information content (AvgIpc) is 3.15. The molecule has 0 radical (unpaired) electrons. The van der Waals surface area contributed by atoms with E-state index in [1.165, 1.54) is 11.1 Å². The lowest BCUT2D eigenvalue weighted by molar-refractivity contribution is -0.122. The maximum atomic E-state index is 12.1. The van der Waals surface area contributed by atoms with Crippen LogP contribution in [-0.4, -0.2) is 47.2 Å². The van der Waals surface area contributed by atoms with Gasteiger partial charge < -0.3 is 5.32 Å². The van der Waals surface area contributed by atoms with Crippen LogP contribution in [0.25, 0.3) is 0 Å². The molecule has 2 aromatic rings. The Hall–Kier alpha value is -2.14. The lowest BCUT2D eigenvalue weighted by Crippen LogP contribution is -2.41. The molecule has 2 heterocycles. The van der Waals surface area contributed by atoms with Gasteiger partial charge in [-0.15, -0.1) is 0 Å². The van der Waals surface area contributed by atoms with Gasteiger partial charge in [0.15, 0.2) is 0 Å². The Balaban J connectivity index is 1.30. The van der Waals surface area contributed by atoms with Gasteiger partial charge in [0, 0.05) is 12.7 Å². The third-order valence-corrected chi connectivity index (χ3v) is 4.75. The number of carbonyl (C=O) groups excluding carboxylic acids is 1. The lowest BCUT2D eigenvalue weighted by atomic mass is 9.91. The summed E-state index contributed by atoms with van der Waals surface area (Å²) in [6, 6.07) is 10.4. The van der Waals surface area contributed by atoms with Gasteiger partial charge in [-0.1, -0.05) is 30.3 Å². The third kappa shape index (κ3) is 4.93. The van der Waals surface area contributed by atoms with Crippen LogP contribution in [0.5, 0.6) is 0 Å². The van der Waals surface area contributed by atoms with Crippen molar-refractivity contribution in [2.45, 2.75) is 31.6 Å². The zero-order valence-electron chi connectivity index (χ0n) is 14.1. The zero-order chi connectivity index (χ0) is 16.6. The molecule has 1 aromatic carbocycles. The number of nitrogens with one attached hydrogen (secondary N) is 2. The maximum absolute atomic E-state index is 12.1. The minimum absolute atomic E-state index is 0.143. The normalized spacial score (nSPS) is 16.2. The fourth-order valence-electron chi connectivity index (χ4n) is 3.33. The van der Waals surface area contributed by atoms with Gasteiger partial charge in [-0.25, -0.2) is 0 Å². The van der Waals surface area contributed by atoms with Crippen molar-refractivity contribution >= 4 is 5.91 Å². The highest BCUT2D eigenvalue weighted by Gasteiger charge is 2.22. The second-order valence-corrected chi connectivity index (χ2v) is 6.52. The summed E-state index contributed by atoms with van der Waals surface area (Å²) < 4.78 is 0. The molecule has 24 heavy (non-hydrogen) atoms. The molecule has 1 fully saturated rings. The number of aromatic amines is 1. The predicted octanol–water partition coefficient (Wildman–Crippen LogP) is 2.34. The number of hydrogen-bond acceptors (Lipinski definition) is 3. The molecule has 0 saturated carbocycles. The van der Waals surface area contributed by atoms with E-state index in [-0.39, 0.29) is 5.91 Å². The van der Waals surface area contributed by atoms with Crippen LogP contribution >= 0.6 is 0 Å². The molecular formula is C19H26N4O. The molecule has 0 atom stereocenters. The molecule has 0 bridgehead atoms. The summed E-state index contributed by atoms with van der Waals surface area (Å²) in [4.78, 5) is 14.3. The van der Waals surface area contributed by atoms with Gasteiger partial charge in [-0.3, -0.25) is 14.8 Å². The SMILES string of the molecule is O=C(CN1CCC(c2cn[nH]c2)CC1)NCCCc1ccccc1. The first kappa shape index (κ1) is 16.7. The number of benzene rings is 1. The summed E-state index contributed by atoms with van der Waals surface area (Å²) >= 11 is 0. The molecule has 1 amide bonds. The van der Waals surface area contributed by atoms with Crippen molar-refractivity contribution in [1.82, 2.24) is 20.4 Å². The van der Waals surface area contributed by atoms with Crippen molar-refractivity contribution in [3.05, 3.63) is 53.9 Å². The predicted molar refractivity (Wildman–Crippen MR) is 94.8 cm³/mol. The van der Waals surface area contributed by atoms with Crippen molar-refractivity contribution in [1.29, 1.82) is 0 Å². The number of rotatable bonds is 7. The van der Waals surface area contributed by atoms with Crippen molar-refractivity contribution in [2.24, 2.45) is 0 Å². The molecule has 0 aliphatic carbocycles. The Morgan fingerprint density at radius 2 is 2.04 bits per heavy atom. The van der Waals surface area contributed by atoms with Crippen molar-refractivity contribution in [3.8, 4) is 0 Å². The van der Waals surface area contributed by atoms with Gasteiger partial charge >= 0.3 is 0 Å². The molecule has 0 unspecified atom stereocenters. The van der Waals surface area contributed by atoms with E-state index in [1.807, 2.05) is 18.5 Å². The minimum atomic E-state index is 0.143. The molecule has 2 N–H and O–H groups in total. The Kier molecular flexibility index (Phi) is 6.01. The number of likely N-dealkylation sites (tertiary alicyclic amines) is 1. The number of H-pyrrole nitrogens is 1. The number of carbonyl (C=O) groups is 1. The number of nitrogens with zero attached hydrogens (tertiary/aromatic N) is 2. The number of piperidine rings is 1. The fourth-order valence-corrected chi connectivity index (χ4v) is 3.33. The Morgan fingerprint density at radius 1 is 1.25 bits per heavy atom. The lowest BCUT2D eigenvalue weighted by Gasteiger charge is -2.30. The number of hydrogen-bond donors (Lipinski definition) is 2. The molecule has 1 aromatic heterocycles. The summed E-state index contributed by atoms with van der Waals surface area (Å²) in [6.45, 7) is 3.23. The molecule has 0 spiro atoms. The summed E-state index contributed by atoms with van der Waals surface area (Å²) in [5.41, 5.74) is 2.62. The van der Waals surface area contributed by atoms with Gasteiger partial charge in [0.25, 0.3) is 0 Å². The molecule has 128 valence electrons. The number of amides is 1. The number of aromatic nitrogens is 2. The van der Waals surface area contributed by atoms with Crippen LogP contribution in [-0.2, 0) is 11.2 Å². The van der Waals surface area contributed by atoms with E-state index in [0.717, 1.165) is 45.3 Å². The molecular weight excluding hydrogens is 300 g/mol. The van der Waals surface area contributed by atoms with Gasteiger partial charge in [0.1, 0.15) is 0 Å². The van der Waals surface area contributed by atoms with Crippen LogP contribution in [0.2, 0.25) is 0 Å². The first-order valence-electron chi connectivity index (χ1n) is 8.83. The molecule has 1 aliphatic heterocycles. The second-order valence-electron chi connectivity index (χ2n) is 6.52. The van der Waals surface area contributed by atoms with Gasteiger partial charge in [-0.2, -0.15) is 5.10 Å². The highest BCUT2D eigenvalue weighted by atomic mass is 16.2. The van der Waals surface area contributed by atoms with Crippen molar-refractivity contribution in [2.75, 3.05) is 26.2 Å². The van der Waals surface area contributed by atoms with E-state index in [9.17, 15) is 4.79 Å². The van der Waals surface area contributed by atoms with Crippen LogP contribution in [0.3, 0.4) is 0 Å². The van der Waals surface area contributed by atoms with Crippen LogP contribution in [0.1, 0.15) is 36.3 Å². The van der Waals surface area contributed by atoms with Crippen LogP contribution in [0.15, 0.2) is 42.7 Å². The van der Waals surface area contributed by atoms with E-state index in [2.05, 4.69) is 44.7 Å². The maximum Gasteiger partial charge on any atom is 0.234 e. The second kappa shape index (κ2) is 8.64. The summed E-state index contributed by atoms with van der Waals surface area (Å²) in [5.74, 6) is 0.721. The van der Waals surface area contributed by atoms with Crippen molar-refractivity contribution < 1.29 is 4.79 Å². The van der Waals surface area contributed by atoms with Gasteiger partial charge in [-0.05, 0) is 55.8 Å². The highest BCUT2D eigenvalue weighted by molar-refractivity contribution is 5.77. The number of aryl methyl sites for hydroxylation is 1. The molecule has 1 saturated heterocycles. The van der Waals surface area contributed by atoms with E-state index >= 15 is 0 Å². The van der Waals surface area contributed by atoms with Crippen LogP contribution in [0.4, 0.5) is 0 Å². The fraction of sp³-hybridized carbons (Fsp3) is 0.474. The topological polar surface area (TPSA) is 61.0 Å². The highest BCUT2D eigenvalue weighted by Crippen LogP contribution is 2.26. The van der Waals surface area contributed by atoms with Crippen LogP contribution in [0, 0.1) is 0 Å². The Morgan fingerprint density at radius 3 is 2.75 bits per heavy atom. The molecule has 3 rings (SSSR count). The first-order valence-corrected chi connectivity index (χ1v) is 8.83. The standard InChI is InChI=1S/C19H26N4O/c24-19(20-10-4-7-16-5-2-1-3-6-16)15-23-11-8-17(9-12-23)18-13-21-22-14-18/h1-3,5-6,13-14,17H,4,7-12,15H2,(H,20,24)(H,21,22). The Bertz CT molecular complexity index is 604. The first-order chi connectivity index (χ1) is 11.8. The zero-order valence-corrected chi connectivity index (χ0v) is 14.1. The van der Waals surface area contributed by atoms with Crippen LogP contribution < -0.4 is 5.32 Å². The molecule has 5 nitrogen and oxygen atoms in total. The summed E-state index contributed by atoms with van der Waals surface area (Å²) in [5, 5.41) is 9.95. The van der Waals surface area contributed by atoms with E-state index in [1.54, 1.807) is 0 Å². The Labute approximate surface area is 143 Å². The van der Waals surface area contributed by atoms with Gasteiger partial charge in [0.2, 0.25) is 5.91 Å². The van der Waals surface area contributed by atoms with E-state index in [0.29, 0.717) is 12.5 Å². The minimum Gasteiger partial charge on any atom is -0.355 e. The average molecular weight is 326 g/mol. The molecule has 5 heteroatoms. The largest absolute Gasteiger partial charge is 0.355 e. The summed E-state index contributed by atoms with van der Waals surface area (Å²) in [7, 11) is 0. The summed E-state index contributed by atoms with van der Waals surface area (Å²) in [6.07, 6.45) is 8.09. The third-order valence-electron chi connectivity index (χ3n) is 4.75. The monoisotopic (exact) mass is 326 g/mol.